The van der Waals surface area contributed by atoms with Gasteiger partial charge in [-0.05, 0) is 23.6 Å². The Morgan fingerprint density at radius 2 is 1.83 bits per heavy atom. The van der Waals surface area contributed by atoms with Gasteiger partial charge in [0.25, 0.3) is 6.43 Å². The Bertz CT molecular complexity index is 691. The van der Waals surface area contributed by atoms with E-state index in [0.717, 1.165) is 16.9 Å². The van der Waals surface area contributed by atoms with Crippen molar-refractivity contribution in [1.82, 2.24) is 4.90 Å². The quantitative estimate of drug-likeness (QED) is 0.839. The first-order valence-corrected chi connectivity index (χ1v) is 7.95. The number of halogens is 2. The number of nitrogens with zero attached hydrogens (tertiary/aromatic N) is 1. The Labute approximate surface area is 139 Å². The molecule has 0 aliphatic carbocycles. The number of para-hydroxylation sites is 1. The van der Waals surface area contributed by atoms with E-state index in [1.807, 2.05) is 54.6 Å². The normalized spacial score (nSPS) is 16.4. The molecule has 0 bridgehead atoms. The molecule has 1 aliphatic heterocycles. The molecule has 0 saturated carbocycles. The Morgan fingerprint density at radius 1 is 1.12 bits per heavy atom. The van der Waals surface area contributed by atoms with E-state index in [4.69, 9.17) is 4.74 Å². The molecule has 2 aromatic carbocycles. The summed E-state index contributed by atoms with van der Waals surface area (Å²) in [6.45, 7) is -0.154. The molecule has 0 aromatic heterocycles. The molecule has 1 atom stereocenters. The van der Waals surface area contributed by atoms with E-state index >= 15 is 0 Å². The Morgan fingerprint density at radius 3 is 2.58 bits per heavy atom. The van der Waals surface area contributed by atoms with Crippen molar-refractivity contribution in [3.05, 3.63) is 65.7 Å². The summed E-state index contributed by atoms with van der Waals surface area (Å²) in [5.41, 5.74) is 1.78. The summed E-state index contributed by atoms with van der Waals surface area (Å²) in [6, 6.07) is 16.7. The number of amides is 1. The number of carbonyl (C=O) groups excluding carboxylic acids is 1. The highest BCUT2D eigenvalue weighted by atomic mass is 19.3. The van der Waals surface area contributed by atoms with Gasteiger partial charge in [-0.25, -0.2) is 8.78 Å². The highest BCUT2D eigenvalue weighted by molar-refractivity contribution is 5.79. The summed E-state index contributed by atoms with van der Waals surface area (Å²) in [5.74, 6) is 0.0565. The van der Waals surface area contributed by atoms with E-state index in [1.165, 1.54) is 4.90 Å². The van der Waals surface area contributed by atoms with Crippen molar-refractivity contribution < 1.29 is 18.3 Å². The maximum atomic E-state index is 12.9. The third-order valence-corrected chi connectivity index (χ3v) is 4.11. The predicted octanol–water partition coefficient (Wildman–Crippen LogP) is 3.53. The Balaban J connectivity index is 1.74. The topological polar surface area (TPSA) is 29.5 Å². The number of rotatable bonds is 5. The highest BCUT2D eigenvalue weighted by Gasteiger charge is 2.30. The molecular weight excluding hydrogens is 312 g/mol. The fourth-order valence-corrected chi connectivity index (χ4v) is 2.95. The van der Waals surface area contributed by atoms with Crippen molar-refractivity contribution in [2.24, 2.45) is 5.92 Å². The molecule has 0 saturated heterocycles. The third-order valence-electron chi connectivity index (χ3n) is 4.11. The van der Waals surface area contributed by atoms with Crippen molar-refractivity contribution in [3.63, 3.8) is 0 Å². The molecule has 1 heterocycles. The van der Waals surface area contributed by atoms with Crippen molar-refractivity contribution in [1.29, 1.82) is 0 Å². The van der Waals surface area contributed by atoms with Crippen LogP contribution in [0.3, 0.4) is 0 Å². The summed E-state index contributed by atoms with van der Waals surface area (Å²) in [4.78, 5) is 14.0. The SMILES string of the molecule is O=C([C@@H]1COc2ccccc2C1)N(Cc1ccccc1)CC(F)F. The van der Waals surface area contributed by atoms with Crippen LogP contribution in [0.25, 0.3) is 0 Å². The van der Waals surface area contributed by atoms with Gasteiger partial charge in [-0.1, -0.05) is 48.5 Å². The van der Waals surface area contributed by atoms with E-state index in [9.17, 15) is 13.6 Å². The van der Waals surface area contributed by atoms with Gasteiger partial charge in [0.2, 0.25) is 5.91 Å². The molecule has 1 aliphatic rings. The summed E-state index contributed by atoms with van der Waals surface area (Å²) in [6.07, 6.45) is -2.04. The van der Waals surface area contributed by atoms with Crippen LogP contribution in [0, 0.1) is 5.92 Å². The second-order valence-corrected chi connectivity index (χ2v) is 5.92. The molecule has 2 aromatic rings. The number of ether oxygens (including phenoxy) is 1. The molecule has 3 nitrogen and oxygen atoms in total. The minimum absolute atomic E-state index is 0.183. The zero-order chi connectivity index (χ0) is 16.9. The monoisotopic (exact) mass is 331 g/mol. The first kappa shape index (κ1) is 16.4. The maximum Gasteiger partial charge on any atom is 0.255 e. The van der Waals surface area contributed by atoms with E-state index < -0.39 is 18.9 Å². The number of fused-ring (bicyclic) bond motifs is 1. The molecule has 126 valence electrons. The number of carbonyl (C=O) groups is 1. The van der Waals surface area contributed by atoms with Crippen LogP contribution in [0.1, 0.15) is 11.1 Å². The van der Waals surface area contributed by atoms with E-state index in [1.54, 1.807) is 0 Å². The second kappa shape index (κ2) is 7.43. The van der Waals surface area contributed by atoms with Gasteiger partial charge in [-0.3, -0.25) is 4.79 Å². The smallest absolute Gasteiger partial charge is 0.255 e. The van der Waals surface area contributed by atoms with Crippen LogP contribution in [0.15, 0.2) is 54.6 Å². The highest BCUT2D eigenvalue weighted by Crippen LogP contribution is 2.28. The lowest BCUT2D eigenvalue weighted by atomic mass is 9.95. The molecule has 24 heavy (non-hydrogen) atoms. The summed E-state index contributed by atoms with van der Waals surface area (Å²) in [5, 5.41) is 0. The van der Waals surface area contributed by atoms with E-state index in [-0.39, 0.29) is 19.1 Å². The van der Waals surface area contributed by atoms with Crippen molar-refractivity contribution in [3.8, 4) is 5.75 Å². The first-order valence-electron chi connectivity index (χ1n) is 7.95. The molecule has 5 heteroatoms. The van der Waals surface area contributed by atoms with Gasteiger partial charge in [0, 0.05) is 6.54 Å². The van der Waals surface area contributed by atoms with Gasteiger partial charge in [-0.2, -0.15) is 0 Å². The average Bonchev–Trinajstić information content (AvgIpc) is 2.60. The van der Waals surface area contributed by atoms with Crippen LogP contribution in [0.2, 0.25) is 0 Å². The lowest BCUT2D eigenvalue weighted by Gasteiger charge is -2.30. The van der Waals surface area contributed by atoms with Crippen LogP contribution >= 0.6 is 0 Å². The van der Waals surface area contributed by atoms with E-state index in [2.05, 4.69) is 0 Å². The van der Waals surface area contributed by atoms with Crippen LogP contribution in [-0.4, -0.2) is 30.4 Å². The van der Waals surface area contributed by atoms with Gasteiger partial charge in [0.05, 0.1) is 12.5 Å². The molecule has 0 radical (unpaired) electrons. The number of hydrogen-bond acceptors (Lipinski definition) is 2. The minimum atomic E-state index is -2.56. The molecule has 0 spiro atoms. The molecule has 1 amide bonds. The average molecular weight is 331 g/mol. The largest absolute Gasteiger partial charge is 0.492 e. The fourth-order valence-electron chi connectivity index (χ4n) is 2.95. The zero-order valence-corrected chi connectivity index (χ0v) is 13.2. The molecule has 0 fully saturated rings. The van der Waals surface area contributed by atoms with Crippen molar-refractivity contribution in [2.75, 3.05) is 13.2 Å². The van der Waals surface area contributed by atoms with Crippen molar-refractivity contribution >= 4 is 5.91 Å². The lowest BCUT2D eigenvalue weighted by Crippen LogP contribution is -2.42. The Kier molecular flexibility index (Phi) is 5.08. The molecule has 0 unspecified atom stereocenters. The molecule has 0 N–H and O–H groups in total. The number of alkyl halides is 2. The van der Waals surface area contributed by atoms with Gasteiger partial charge in [0.15, 0.2) is 0 Å². The standard InChI is InChI=1S/C19H19F2NO2/c20-18(21)12-22(11-14-6-2-1-3-7-14)19(23)16-10-15-8-4-5-9-17(15)24-13-16/h1-9,16,18H,10-13H2/t16-/m0/s1. The Hall–Kier alpha value is -2.43. The zero-order valence-electron chi connectivity index (χ0n) is 13.2. The summed E-state index contributed by atoms with van der Waals surface area (Å²) >= 11 is 0. The fraction of sp³-hybridized carbons (Fsp3) is 0.316. The minimum Gasteiger partial charge on any atom is -0.492 e. The van der Waals surface area contributed by atoms with Crippen molar-refractivity contribution in [2.45, 2.75) is 19.4 Å². The predicted molar refractivity (Wildman–Crippen MR) is 87.0 cm³/mol. The van der Waals surface area contributed by atoms with Gasteiger partial charge in [0.1, 0.15) is 12.4 Å². The van der Waals surface area contributed by atoms with Crippen LogP contribution < -0.4 is 4.74 Å². The van der Waals surface area contributed by atoms with Crippen LogP contribution in [0.4, 0.5) is 8.78 Å². The third kappa shape index (κ3) is 3.91. The van der Waals surface area contributed by atoms with Gasteiger partial charge < -0.3 is 9.64 Å². The lowest BCUT2D eigenvalue weighted by molar-refractivity contribution is -0.139. The first-order chi connectivity index (χ1) is 11.6. The van der Waals surface area contributed by atoms with Gasteiger partial charge >= 0.3 is 0 Å². The molecular formula is C19H19F2NO2. The maximum absolute atomic E-state index is 12.9. The summed E-state index contributed by atoms with van der Waals surface area (Å²) in [7, 11) is 0. The van der Waals surface area contributed by atoms with E-state index in [0.29, 0.717) is 6.42 Å². The van der Waals surface area contributed by atoms with Gasteiger partial charge in [-0.15, -0.1) is 0 Å². The molecule has 3 rings (SSSR count). The second-order valence-electron chi connectivity index (χ2n) is 5.92. The number of benzene rings is 2. The van der Waals surface area contributed by atoms with Crippen LogP contribution in [-0.2, 0) is 17.8 Å². The number of hydrogen-bond donors (Lipinski definition) is 0. The summed E-state index contributed by atoms with van der Waals surface area (Å²) < 4.78 is 31.5. The van der Waals surface area contributed by atoms with Crippen LogP contribution in [0.5, 0.6) is 5.75 Å².